The predicted octanol–water partition coefficient (Wildman–Crippen LogP) is 5.11. The highest BCUT2D eigenvalue weighted by atomic mass is 35.5. The summed E-state index contributed by atoms with van der Waals surface area (Å²) in [5, 5.41) is 14.5. The number of benzene rings is 1. The van der Waals surface area contributed by atoms with E-state index in [0.717, 1.165) is 43.2 Å². The van der Waals surface area contributed by atoms with Gasteiger partial charge in [0.25, 0.3) is 0 Å². The van der Waals surface area contributed by atoms with Crippen LogP contribution in [0.1, 0.15) is 57.1 Å². The molecule has 3 atom stereocenters. The minimum atomic E-state index is -1.95. The van der Waals surface area contributed by atoms with Crippen LogP contribution in [0.5, 0.6) is 0 Å². The Kier molecular flexibility index (Phi) is 8.63. The van der Waals surface area contributed by atoms with Crippen molar-refractivity contribution in [3.8, 4) is 0 Å². The molecular weight excluding hydrogens is 380 g/mol. The van der Waals surface area contributed by atoms with Crippen LogP contribution in [-0.2, 0) is 0 Å². The first-order valence-electron chi connectivity index (χ1n) is 8.60. The van der Waals surface area contributed by atoms with Crippen molar-refractivity contribution in [2.45, 2.75) is 57.7 Å². The third-order valence-corrected chi connectivity index (χ3v) is 6.03. The molecule has 1 fully saturated rings. The zero-order chi connectivity index (χ0) is 18.4. The number of aliphatic hydroxyl groups excluding tert-OH is 1. The van der Waals surface area contributed by atoms with Gasteiger partial charge in [0.1, 0.15) is 6.23 Å². The quantitative estimate of drug-likeness (QED) is 0.375. The van der Waals surface area contributed by atoms with Crippen LogP contribution in [0.15, 0.2) is 29.6 Å². The maximum Gasteiger partial charge on any atom is 0.191 e. The molecule has 1 aliphatic carbocycles. The summed E-state index contributed by atoms with van der Waals surface area (Å²) in [5.74, 6) is 2.09. The van der Waals surface area contributed by atoms with E-state index in [4.69, 9.17) is 33.0 Å². The number of halogens is 2. The molecule has 25 heavy (non-hydrogen) atoms. The molecule has 0 aromatic heterocycles. The molecule has 4 nitrogen and oxygen atoms in total. The normalized spacial score (nSPS) is 22.4. The lowest BCUT2D eigenvalue weighted by molar-refractivity contribution is 0.106. The van der Waals surface area contributed by atoms with Crippen LogP contribution in [0.2, 0.25) is 10.0 Å². The number of hydrogen-bond donors (Lipinski definition) is 4. The van der Waals surface area contributed by atoms with Crippen LogP contribution < -0.4 is 5.32 Å². The highest BCUT2D eigenvalue weighted by molar-refractivity contribution is 7.48. The summed E-state index contributed by atoms with van der Waals surface area (Å²) >= 11 is 12.0. The maximum absolute atomic E-state index is 10.3. The van der Waals surface area contributed by atoms with Gasteiger partial charge in [0.05, 0.1) is 10.0 Å². The van der Waals surface area contributed by atoms with Crippen molar-refractivity contribution in [2.75, 3.05) is 0 Å². The predicted molar refractivity (Wildman–Crippen MR) is 105 cm³/mol. The second-order valence-electron chi connectivity index (χ2n) is 6.73. The van der Waals surface area contributed by atoms with Gasteiger partial charge < -0.3 is 14.9 Å². The molecule has 1 aromatic rings. The molecule has 1 aliphatic rings. The first-order chi connectivity index (χ1) is 11.8. The zero-order valence-corrected chi connectivity index (χ0v) is 16.7. The van der Waals surface area contributed by atoms with Gasteiger partial charge in [0.15, 0.2) is 8.38 Å². The van der Waals surface area contributed by atoms with E-state index < -0.39 is 14.6 Å². The molecule has 0 aliphatic heterocycles. The van der Waals surface area contributed by atoms with E-state index in [1.165, 1.54) is 0 Å². The summed E-state index contributed by atoms with van der Waals surface area (Å²) in [5.41, 5.74) is 2.12. The molecule has 2 unspecified atom stereocenters. The van der Waals surface area contributed by atoms with Crippen LogP contribution in [0.4, 0.5) is 0 Å². The standard InChI is InChI=1S/C18H26Cl2NO3P/c1-12(15-6-7-16(19)17(20)10-15)21-18(22)8-5-13-3-2-4-14(9-13)11-25(23)24/h6-7,10-13,18,21-24H,2-5,8-9H2,1H3/t12-,13?,18?/m1/s1. The minimum Gasteiger partial charge on any atom is -0.379 e. The lowest BCUT2D eigenvalue weighted by Crippen LogP contribution is -2.31. The average molecular weight is 406 g/mol. The van der Waals surface area contributed by atoms with Crippen molar-refractivity contribution in [3.05, 3.63) is 45.2 Å². The van der Waals surface area contributed by atoms with Crippen molar-refractivity contribution < 1.29 is 14.9 Å². The summed E-state index contributed by atoms with van der Waals surface area (Å²) < 4.78 is 0. The zero-order valence-electron chi connectivity index (χ0n) is 14.3. The van der Waals surface area contributed by atoms with Gasteiger partial charge in [-0.2, -0.15) is 0 Å². The topological polar surface area (TPSA) is 72.7 Å². The van der Waals surface area contributed by atoms with Gasteiger partial charge >= 0.3 is 0 Å². The molecule has 1 aromatic carbocycles. The van der Waals surface area contributed by atoms with Crippen molar-refractivity contribution in [2.24, 2.45) is 5.92 Å². The van der Waals surface area contributed by atoms with Crippen molar-refractivity contribution in [1.29, 1.82) is 0 Å². The van der Waals surface area contributed by atoms with E-state index in [9.17, 15) is 5.11 Å². The summed E-state index contributed by atoms with van der Waals surface area (Å²) in [6.07, 6.45) is 5.03. The van der Waals surface area contributed by atoms with Gasteiger partial charge in [-0.15, -0.1) is 0 Å². The first-order valence-corrected chi connectivity index (χ1v) is 10.7. The van der Waals surface area contributed by atoms with E-state index in [2.05, 4.69) is 5.32 Å². The molecule has 0 radical (unpaired) electrons. The fraction of sp³-hybridized carbons (Fsp3) is 0.556. The third-order valence-electron chi connectivity index (χ3n) is 4.69. The lowest BCUT2D eigenvalue weighted by atomic mass is 9.83. The Labute approximate surface area is 160 Å². The Morgan fingerprint density at radius 2 is 2.08 bits per heavy atom. The van der Waals surface area contributed by atoms with Crippen LogP contribution in [0.3, 0.4) is 0 Å². The number of aliphatic hydroxyl groups is 1. The smallest absolute Gasteiger partial charge is 0.191 e. The highest BCUT2D eigenvalue weighted by Crippen LogP contribution is 2.37. The number of nitrogens with one attached hydrogen (secondary N) is 1. The molecular formula is C18H26Cl2NO3P. The third kappa shape index (κ3) is 7.15. The van der Waals surface area contributed by atoms with Crippen LogP contribution in [-0.4, -0.2) is 21.1 Å². The molecule has 0 bridgehead atoms. The van der Waals surface area contributed by atoms with E-state index in [1.807, 2.05) is 19.1 Å². The Bertz CT molecular complexity index is 598. The monoisotopic (exact) mass is 405 g/mol. The van der Waals surface area contributed by atoms with Crippen molar-refractivity contribution >= 4 is 31.6 Å². The highest BCUT2D eigenvalue weighted by Gasteiger charge is 2.20. The minimum absolute atomic E-state index is 0.0288. The van der Waals surface area contributed by atoms with E-state index in [1.54, 1.807) is 11.9 Å². The van der Waals surface area contributed by atoms with Gasteiger partial charge in [0, 0.05) is 6.04 Å². The van der Waals surface area contributed by atoms with Gasteiger partial charge in [-0.1, -0.05) is 34.8 Å². The van der Waals surface area contributed by atoms with Crippen LogP contribution in [0, 0.1) is 5.92 Å². The Balaban J connectivity index is 1.79. The van der Waals surface area contributed by atoms with Gasteiger partial charge in [-0.25, -0.2) is 0 Å². The lowest BCUT2D eigenvalue weighted by Gasteiger charge is -2.26. The molecule has 2 rings (SSSR count). The number of rotatable bonds is 7. The average Bonchev–Trinajstić information content (AvgIpc) is 2.55. The SMILES string of the molecule is C[C@@H](NC(O)CCC1CCCC(=CP(O)O)C1)c1ccc(Cl)c(Cl)c1. The fourth-order valence-electron chi connectivity index (χ4n) is 3.36. The summed E-state index contributed by atoms with van der Waals surface area (Å²) in [6.45, 7) is 1.98. The van der Waals surface area contributed by atoms with E-state index >= 15 is 0 Å². The second kappa shape index (κ2) is 10.2. The fourth-order valence-corrected chi connectivity index (χ4v) is 4.23. The largest absolute Gasteiger partial charge is 0.379 e. The number of allylic oxidation sites excluding steroid dienone is 1. The summed E-state index contributed by atoms with van der Waals surface area (Å²) in [4.78, 5) is 18.3. The number of hydrogen-bond acceptors (Lipinski definition) is 4. The second-order valence-corrected chi connectivity index (χ2v) is 8.44. The molecule has 4 N–H and O–H groups in total. The Hall–Kier alpha value is -0.190. The summed E-state index contributed by atoms with van der Waals surface area (Å²) in [6, 6.07) is 5.45. The molecule has 0 saturated heterocycles. The van der Waals surface area contributed by atoms with Crippen molar-refractivity contribution in [3.63, 3.8) is 0 Å². The van der Waals surface area contributed by atoms with Gasteiger partial charge in [-0.05, 0) is 74.9 Å². The van der Waals surface area contributed by atoms with Crippen LogP contribution in [0.25, 0.3) is 0 Å². The molecule has 0 spiro atoms. The Morgan fingerprint density at radius 3 is 2.76 bits per heavy atom. The molecule has 0 heterocycles. The van der Waals surface area contributed by atoms with Crippen molar-refractivity contribution in [1.82, 2.24) is 5.32 Å². The van der Waals surface area contributed by atoms with Crippen LogP contribution >= 0.6 is 31.6 Å². The van der Waals surface area contributed by atoms with Gasteiger partial charge in [0.2, 0.25) is 0 Å². The van der Waals surface area contributed by atoms with Gasteiger partial charge in [-0.3, -0.25) is 5.32 Å². The molecule has 7 heteroatoms. The molecule has 1 saturated carbocycles. The molecule has 140 valence electrons. The first kappa shape index (κ1) is 21.1. The van der Waals surface area contributed by atoms with E-state index in [0.29, 0.717) is 22.4 Å². The maximum atomic E-state index is 10.3. The Morgan fingerprint density at radius 1 is 1.32 bits per heavy atom. The van der Waals surface area contributed by atoms with E-state index in [-0.39, 0.29) is 6.04 Å². The molecule has 0 amide bonds. The summed E-state index contributed by atoms with van der Waals surface area (Å²) in [7, 11) is -1.95.